The lowest BCUT2D eigenvalue weighted by Gasteiger charge is -2.36. The van der Waals surface area contributed by atoms with Crippen LogP contribution in [-0.4, -0.2) is 62.2 Å². The zero-order valence-corrected chi connectivity index (χ0v) is 11.5. The van der Waals surface area contributed by atoms with E-state index in [0.29, 0.717) is 0 Å². The molecule has 2 rings (SSSR count). The van der Waals surface area contributed by atoms with Crippen LogP contribution in [-0.2, 0) is 0 Å². The molecule has 0 unspecified atom stereocenters. The van der Waals surface area contributed by atoms with Crippen molar-refractivity contribution in [1.29, 1.82) is 0 Å². The number of rotatable bonds is 5. The van der Waals surface area contributed by atoms with Crippen molar-refractivity contribution in [1.82, 2.24) is 15.1 Å². The van der Waals surface area contributed by atoms with Crippen LogP contribution in [0.15, 0.2) is 0 Å². The molecule has 3 nitrogen and oxygen atoms in total. The van der Waals surface area contributed by atoms with Crippen LogP contribution in [0.5, 0.6) is 0 Å². The minimum Gasteiger partial charge on any atom is -0.314 e. The van der Waals surface area contributed by atoms with E-state index < -0.39 is 0 Å². The number of unbranched alkanes of at least 4 members (excludes halogenated alkanes) is 1. The number of nitrogens with one attached hydrogen (secondary N) is 1. The second-order valence-corrected chi connectivity index (χ2v) is 5.69. The smallest absolute Gasteiger partial charge is 0.0107 e. The van der Waals surface area contributed by atoms with Gasteiger partial charge in [0.05, 0.1) is 0 Å². The molecule has 0 atom stereocenters. The third-order valence-electron chi connectivity index (χ3n) is 4.26. The maximum absolute atomic E-state index is 3.43. The Balaban J connectivity index is 1.61. The SMILES string of the molecule is CCCCN1CCC(CN2CCNCC2)CC1. The first-order valence-corrected chi connectivity index (χ1v) is 7.54. The van der Waals surface area contributed by atoms with Gasteiger partial charge >= 0.3 is 0 Å². The summed E-state index contributed by atoms with van der Waals surface area (Å²) in [6.07, 6.45) is 5.56. The monoisotopic (exact) mass is 239 g/mol. The van der Waals surface area contributed by atoms with Crippen LogP contribution in [0.1, 0.15) is 32.6 Å². The summed E-state index contributed by atoms with van der Waals surface area (Å²) in [5, 5.41) is 3.43. The van der Waals surface area contributed by atoms with E-state index in [2.05, 4.69) is 22.0 Å². The van der Waals surface area contributed by atoms with E-state index in [9.17, 15) is 0 Å². The molecule has 0 aromatic rings. The van der Waals surface area contributed by atoms with Crippen molar-refractivity contribution in [3.63, 3.8) is 0 Å². The van der Waals surface area contributed by atoms with Crippen LogP contribution in [0.2, 0.25) is 0 Å². The highest BCUT2D eigenvalue weighted by molar-refractivity contribution is 4.77. The van der Waals surface area contributed by atoms with Gasteiger partial charge in [0.15, 0.2) is 0 Å². The molecular weight excluding hydrogens is 210 g/mol. The molecule has 2 aliphatic heterocycles. The third kappa shape index (κ3) is 4.57. The normalized spacial score (nSPS) is 25.2. The molecule has 17 heavy (non-hydrogen) atoms. The van der Waals surface area contributed by atoms with Gasteiger partial charge in [0.25, 0.3) is 0 Å². The Bertz CT molecular complexity index is 194. The average molecular weight is 239 g/mol. The van der Waals surface area contributed by atoms with Gasteiger partial charge in [0.1, 0.15) is 0 Å². The fourth-order valence-corrected chi connectivity index (χ4v) is 3.03. The number of piperazine rings is 1. The van der Waals surface area contributed by atoms with Crippen molar-refractivity contribution in [3.8, 4) is 0 Å². The Kier molecular flexibility index (Phi) is 5.75. The fraction of sp³-hybridized carbons (Fsp3) is 1.00. The van der Waals surface area contributed by atoms with Crippen molar-refractivity contribution >= 4 is 0 Å². The van der Waals surface area contributed by atoms with Gasteiger partial charge in [-0.3, -0.25) is 0 Å². The summed E-state index contributed by atoms with van der Waals surface area (Å²) < 4.78 is 0. The molecule has 2 heterocycles. The lowest BCUT2D eigenvalue weighted by molar-refractivity contribution is 0.135. The summed E-state index contributed by atoms with van der Waals surface area (Å²) >= 11 is 0. The minimum absolute atomic E-state index is 0.964. The van der Waals surface area contributed by atoms with E-state index in [0.717, 1.165) is 5.92 Å². The maximum atomic E-state index is 3.43. The Morgan fingerprint density at radius 1 is 1.00 bits per heavy atom. The predicted molar refractivity (Wildman–Crippen MR) is 73.4 cm³/mol. The van der Waals surface area contributed by atoms with E-state index in [4.69, 9.17) is 0 Å². The largest absolute Gasteiger partial charge is 0.314 e. The molecule has 0 aliphatic carbocycles. The van der Waals surface area contributed by atoms with E-state index in [1.807, 2.05) is 0 Å². The van der Waals surface area contributed by atoms with E-state index in [1.54, 1.807) is 0 Å². The lowest BCUT2D eigenvalue weighted by Crippen LogP contribution is -2.46. The summed E-state index contributed by atoms with van der Waals surface area (Å²) in [7, 11) is 0. The molecule has 2 fully saturated rings. The first-order valence-electron chi connectivity index (χ1n) is 7.54. The summed E-state index contributed by atoms with van der Waals surface area (Å²) in [4.78, 5) is 5.32. The van der Waals surface area contributed by atoms with Gasteiger partial charge in [-0.1, -0.05) is 13.3 Å². The number of piperidine rings is 1. The maximum Gasteiger partial charge on any atom is 0.0107 e. The second kappa shape index (κ2) is 7.34. The van der Waals surface area contributed by atoms with Crippen molar-refractivity contribution in [2.45, 2.75) is 32.6 Å². The van der Waals surface area contributed by atoms with Crippen molar-refractivity contribution in [3.05, 3.63) is 0 Å². The van der Waals surface area contributed by atoms with Crippen LogP contribution >= 0.6 is 0 Å². The topological polar surface area (TPSA) is 18.5 Å². The highest BCUT2D eigenvalue weighted by Gasteiger charge is 2.21. The number of likely N-dealkylation sites (tertiary alicyclic amines) is 1. The van der Waals surface area contributed by atoms with Crippen molar-refractivity contribution < 1.29 is 0 Å². The van der Waals surface area contributed by atoms with E-state index >= 15 is 0 Å². The van der Waals surface area contributed by atoms with Gasteiger partial charge in [0.2, 0.25) is 0 Å². The number of nitrogens with zero attached hydrogens (tertiary/aromatic N) is 2. The van der Waals surface area contributed by atoms with Crippen LogP contribution in [0.4, 0.5) is 0 Å². The van der Waals surface area contributed by atoms with Gasteiger partial charge in [0, 0.05) is 32.7 Å². The molecule has 0 spiro atoms. The summed E-state index contributed by atoms with van der Waals surface area (Å²) in [5.41, 5.74) is 0. The third-order valence-corrected chi connectivity index (χ3v) is 4.26. The quantitative estimate of drug-likeness (QED) is 0.782. The first-order chi connectivity index (χ1) is 8.38. The Morgan fingerprint density at radius 2 is 1.71 bits per heavy atom. The Morgan fingerprint density at radius 3 is 2.35 bits per heavy atom. The summed E-state index contributed by atoms with van der Waals surface area (Å²) in [5.74, 6) is 0.964. The molecule has 0 saturated carbocycles. The molecule has 0 aromatic heterocycles. The molecule has 0 amide bonds. The molecule has 2 aliphatic rings. The zero-order chi connectivity index (χ0) is 11.9. The average Bonchev–Trinajstić information content (AvgIpc) is 2.39. The minimum atomic E-state index is 0.964. The fourth-order valence-electron chi connectivity index (χ4n) is 3.03. The highest BCUT2D eigenvalue weighted by atomic mass is 15.2. The summed E-state index contributed by atoms with van der Waals surface area (Å²) in [6, 6.07) is 0. The molecule has 2 saturated heterocycles. The van der Waals surface area contributed by atoms with Gasteiger partial charge in [-0.2, -0.15) is 0 Å². The number of hydrogen-bond donors (Lipinski definition) is 1. The zero-order valence-electron chi connectivity index (χ0n) is 11.5. The Hall–Kier alpha value is -0.120. The van der Waals surface area contributed by atoms with E-state index in [-0.39, 0.29) is 0 Å². The molecular formula is C14H29N3. The predicted octanol–water partition coefficient (Wildman–Crippen LogP) is 1.40. The Labute approximate surface area is 107 Å². The molecule has 0 radical (unpaired) electrons. The van der Waals surface area contributed by atoms with Gasteiger partial charge < -0.3 is 15.1 Å². The van der Waals surface area contributed by atoms with Crippen molar-refractivity contribution in [2.24, 2.45) is 5.92 Å². The highest BCUT2D eigenvalue weighted by Crippen LogP contribution is 2.18. The number of hydrogen-bond acceptors (Lipinski definition) is 3. The summed E-state index contributed by atoms with van der Waals surface area (Å²) in [6.45, 7) is 12.6. The lowest BCUT2D eigenvalue weighted by atomic mass is 9.96. The van der Waals surface area contributed by atoms with Crippen LogP contribution in [0.25, 0.3) is 0 Å². The molecule has 1 N–H and O–H groups in total. The van der Waals surface area contributed by atoms with Crippen LogP contribution in [0, 0.1) is 5.92 Å². The standard InChI is InChI=1S/C14H29N3/c1-2-3-8-16-9-4-14(5-10-16)13-17-11-6-15-7-12-17/h14-15H,2-13H2,1H3. The molecule has 0 aromatic carbocycles. The van der Waals surface area contributed by atoms with Gasteiger partial charge in [-0.15, -0.1) is 0 Å². The molecule has 0 bridgehead atoms. The van der Waals surface area contributed by atoms with E-state index in [1.165, 1.54) is 78.0 Å². The first kappa shape index (κ1) is 13.3. The second-order valence-electron chi connectivity index (χ2n) is 5.69. The molecule has 3 heteroatoms. The molecule has 100 valence electrons. The van der Waals surface area contributed by atoms with Crippen LogP contribution in [0.3, 0.4) is 0 Å². The van der Waals surface area contributed by atoms with Crippen LogP contribution < -0.4 is 5.32 Å². The van der Waals surface area contributed by atoms with Crippen molar-refractivity contribution in [2.75, 3.05) is 52.4 Å². The van der Waals surface area contributed by atoms with Gasteiger partial charge in [-0.05, 0) is 44.8 Å². The van der Waals surface area contributed by atoms with Gasteiger partial charge in [-0.25, -0.2) is 0 Å².